The molecule has 2 rings (SSSR count). The molecular formula is C19H27FO4. The molecule has 0 amide bonds. The predicted octanol–water partition coefficient (Wildman–Crippen LogP) is 4.71. The van der Waals surface area contributed by atoms with Crippen molar-refractivity contribution in [2.24, 2.45) is 11.8 Å². The van der Waals surface area contributed by atoms with Crippen LogP contribution in [0.25, 0.3) is 0 Å². The van der Waals surface area contributed by atoms with Crippen molar-refractivity contribution in [3.63, 3.8) is 0 Å². The quantitative estimate of drug-likeness (QED) is 0.483. The zero-order chi connectivity index (χ0) is 17.6. The molecule has 1 aromatic carbocycles. The molecule has 2 atom stereocenters. The van der Waals surface area contributed by atoms with E-state index in [0.717, 1.165) is 24.8 Å². The largest absolute Gasteiger partial charge is 0.510 e. The van der Waals surface area contributed by atoms with E-state index in [1.165, 1.54) is 12.1 Å². The lowest BCUT2D eigenvalue weighted by Crippen LogP contribution is -2.27. The minimum absolute atomic E-state index is 0.206. The first-order chi connectivity index (χ1) is 11.4. The Labute approximate surface area is 143 Å². The van der Waals surface area contributed by atoms with Gasteiger partial charge in [0.25, 0.3) is 0 Å². The lowest BCUT2D eigenvalue weighted by molar-refractivity contribution is -0.0484. The van der Waals surface area contributed by atoms with E-state index in [1.807, 2.05) is 12.1 Å². The zero-order valence-electron chi connectivity index (χ0n) is 14.7. The summed E-state index contributed by atoms with van der Waals surface area (Å²) in [6, 6.07) is 6.65. The van der Waals surface area contributed by atoms with Crippen LogP contribution in [-0.2, 0) is 20.6 Å². The second-order valence-corrected chi connectivity index (χ2v) is 6.71. The van der Waals surface area contributed by atoms with Gasteiger partial charge in [-0.3, -0.25) is 0 Å². The van der Waals surface area contributed by atoms with Crippen LogP contribution in [-0.4, -0.2) is 25.2 Å². The van der Waals surface area contributed by atoms with Crippen LogP contribution in [0.15, 0.2) is 24.3 Å². The van der Waals surface area contributed by atoms with Gasteiger partial charge in [0.05, 0.1) is 6.61 Å². The molecule has 134 valence electrons. The number of rotatable bonds is 9. The number of ether oxygens (including phenoxy) is 3. The van der Waals surface area contributed by atoms with Gasteiger partial charge in [0, 0.05) is 6.42 Å². The summed E-state index contributed by atoms with van der Waals surface area (Å²) in [5, 5.41) is 0. The van der Waals surface area contributed by atoms with E-state index in [1.54, 1.807) is 6.92 Å². The minimum atomic E-state index is -0.795. The van der Waals surface area contributed by atoms with Gasteiger partial charge in [0.2, 0.25) is 5.79 Å². The van der Waals surface area contributed by atoms with Crippen LogP contribution >= 0.6 is 0 Å². The second kappa shape index (κ2) is 8.47. The lowest BCUT2D eigenvalue weighted by Gasteiger charge is -2.24. The molecule has 0 bridgehead atoms. The third-order valence-electron chi connectivity index (χ3n) is 4.47. The Hall–Kier alpha value is -1.62. The van der Waals surface area contributed by atoms with E-state index in [9.17, 15) is 9.18 Å². The summed E-state index contributed by atoms with van der Waals surface area (Å²) in [5.74, 6) is -0.146. The van der Waals surface area contributed by atoms with Crippen LogP contribution in [0.3, 0.4) is 0 Å². The summed E-state index contributed by atoms with van der Waals surface area (Å²) in [6.07, 6.45) is 2.95. The van der Waals surface area contributed by atoms with E-state index in [-0.39, 0.29) is 5.82 Å². The lowest BCUT2D eigenvalue weighted by atomic mass is 9.85. The highest BCUT2D eigenvalue weighted by Gasteiger charge is 2.51. The summed E-state index contributed by atoms with van der Waals surface area (Å²) >= 11 is 0. The molecule has 24 heavy (non-hydrogen) atoms. The van der Waals surface area contributed by atoms with Gasteiger partial charge in [-0.1, -0.05) is 26.0 Å². The number of carbonyl (C=O) groups is 1. The molecule has 4 nitrogen and oxygen atoms in total. The van der Waals surface area contributed by atoms with Crippen molar-refractivity contribution in [1.29, 1.82) is 0 Å². The van der Waals surface area contributed by atoms with E-state index in [0.29, 0.717) is 31.5 Å². The van der Waals surface area contributed by atoms with Crippen molar-refractivity contribution < 1.29 is 23.4 Å². The first kappa shape index (κ1) is 18.7. The van der Waals surface area contributed by atoms with Crippen molar-refractivity contribution in [3.8, 4) is 0 Å². The first-order valence-corrected chi connectivity index (χ1v) is 8.68. The van der Waals surface area contributed by atoms with Crippen molar-refractivity contribution in [2.45, 2.75) is 52.2 Å². The number of hydrogen-bond donors (Lipinski definition) is 0. The number of aryl methyl sites for hydroxylation is 1. The molecule has 5 heteroatoms. The van der Waals surface area contributed by atoms with Crippen molar-refractivity contribution in [2.75, 3.05) is 13.2 Å². The molecule has 1 fully saturated rings. The van der Waals surface area contributed by atoms with Gasteiger partial charge in [-0.25, -0.2) is 9.18 Å². The zero-order valence-corrected chi connectivity index (χ0v) is 14.7. The highest BCUT2D eigenvalue weighted by atomic mass is 19.1. The monoisotopic (exact) mass is 338 g/mol. The fourth-order valence-electron chi connectivity index (χ4n) is 2.89. The summed E-state index contributed by atoms with van der Waals surface area (Å²) in [4.78, 5) is 11.5. The number of benzene rings is 1. The molecule has 0 aliphatic carbocycles. The van der Waals surface area contributed by atoms with Gasteiger partial charge in [-0.2, -0.15) is 0 Å². The van der Waals surface area contributed by atoms with Crippen molar-refractivity contribution in [1.82, 2.24) is 0 Å². The Morgan fingerprint density at radius 1 is 1.33 bits per heavy atom. The highest BCUT2D eigenvalue weighted by Crippen LogP contribution is 2.39. The maximum absolute atomic E-state index is 12.9. The van der Waals surface area contributed by atoms with Gasteiger partial charge in [-0.15, -0.1) is 0 Å². The predicted molar refractivity (Wildman–Crippen MR) is 89.1 cm³/mol. The normalized spacial score (nSPS) is 20.7. The molecule has 0 N–H and O–H groups in total. The van der Waals surface area contributed by atoms with Crippen LogP contribution in [0.4, 0.5) is 9.18 Å². The minimum Gasteiger partial charge on any atom is -0.435 e. The van der Waals surface area contributed by atoms with Gasteiger partial charge in [0.1, 0.15) is 12.4 Å². The average molecular weight is 338 g/mol. The van der Waals surface area contributed by atoms with Crippen LogP contribution in [0.5, 0.6) is 0 Å². The first-order valence-electron chi connectivity index (χ1n) is 8.68. The maximum atomic E-state index is 12.9. The third kappa shape index (κ3) is 5.78. The molecule has 1 aliphatic heterocycles. The maximum Gasteiger partial charge on any atom is 0.510 e. The second-order valence-electron chi connectivity index (χ2n) is 6.71. The SMILES string of the molecule is CCOC(=O)OC1(CC(CCCc2ccc(F)cc2)C(C)C)CO1. The van der Waals surface area contributed by atoms with Crippen molar-refractivity contribution in [3.05, 3.63) is 35.6 Å². The number of hydrogen-bond acceptors (Lipinski definition) is 4. The molecule has 2 unspecified atom stereocenters. The van der Waals surface area contributed by atoms with E-state index in [4.69, 9.17) is 14.2 Å². The average Bonchev–Trinajstić information content (AvgIpc) is 3.27. The molecule has 1 aliphatic rings. The van der Waals surface area contributed by atoms with E-state index >= 15 is 0 Å². The van der Waals surface area contributed by atoms with Gasteiger partial charge >= 0.3 is 6.16 Å². The highest BCUT2D eigenvalue weighted by molar-refractivity contribution is 5.60. The molecule has 0 saturated carbocycles. The summed E-state index contributed by atoms with van der Waals surface area (Å²) in [6.45, 7) is 6.81. The van der Waals surface area contributed by atoms with E-state index in [2.05, 4.69) is 13.8 Å². The van der Waals surface area contributed by atoms with E-state index < -0.39 is 11.9 Å². The fourth-order valence-corrected chi connectivity index (χ4v) is 2.89. The summed E-state index contributed by atoms with van der Waals surface area (Å²) in [7, 11) is 0. The fraction of sp³-hybridized carbons (Fsp3) is 0.632. The van der Waals surface area contributed by atoms with Crippen LogP contribution in [0, 0.1) is 17.7 Å². The topological polar surface area (TPSA) is 48.1 Å². The summed E-state index contributed by atoms with van der Waals surface area (Å²) in [5.41, 5.74) is 1.14. The Balaban J connectivity index is 1.81. The Morgan fingerprint density at radius 3 is 2.54 bits per heavy atom. The molecule has 0 radical (unpaired) electrons. The van der Waals surface area contributed by atoms with Gasteiger partial charge in [0.15, 0.2) is 0 Å². The Bertz CT molecular complexity index is 523. The Morgan fingerprint density at radius 2 is 2.00 bits per heavy atom. The van der Waals surface area contributed by atoms with Crippen molar-refractivity contribution >= 4 is 6.16 Å². The standard InChI is InChI=1S/C19H27FO4/c1-4-22-18(21)24-19(13-23-19)12-16(14(2)3)7-5-6-15-8-10-17(20)11-9-15/h8-11,14,16H,4-7,12-13H2,1-3H3. The Kier molecular flexibility index (Phi) is 6.60. The van der Waals surface area contributed by atoms with Gasteiger partial charge in [-0.05, 0) is 55.7 Å². The van der Waals surface area contributed by atoms with Gasteiger partial charge < -0.3 is 14.2 Å². The van der Waals surface area contributed by atoms with Crippen LogP contribution in [0.2, 0.25) is 0 Å². The number of halogens is 1. The number of carbonyl (C=O) groups excluding carboxylic acids is 1. The molecule has 0 aromatic heterocycles. The smallest absolute Gasteiger partial charge is 0.435 e. The molecule has 1 aromatic rings. The number of epoxide rings is 1. The molecular weight excluding hydrogens is 311 g/mol. The van der Waals surface area contributed by atoms with Crippen LogP contribution < -0.4 is 0 Å². The molecule has 1 heterocycles. The summed E-state index contributed by atoms with van der Waals surface area (Å²) < 4.78 is 28.5. The van der Waals surface area contributed by atoms with Crippen LogP contribution in [0.1, 0.15) is 45.6 Å². The molecule has 1 saturated heterocycles. The molecule has 0 spiro atoms. The third-order valence-corrected chi connectivity index (χ3v) is 4.47.